The van der Waals surface area contributed by atoms with E-state index in [1.807, 2.05) is 67.2 Å². The number of anilines is 1. The second-order valence-electron chi connectivity index (χ2n) is 7.71. The van der Waals surface area contributed by atoms with Gasteiger partial charge in [-0.05, 0) is 43.2 Å². The number of nitrogens with zero attached hydrogens (tertiary/aromatic N) is 4. The Hall–Kier alpha value is -2.86. The lowest BCUT2D eigenvalue weighted by molar-refractivity contribution is -0.132. The van der Waals surface area contributed by atoms with Gasteiger partial charge >= 0.3 is 0 Å². The number of imidazole rings is 1. The van der Waals surface area contributed by atoms with Crippen LogP contribution in [0.3, 0.4) is 0 Å². The predicted octanol–water partition coefficient (Wildman–Crippen LogP) is 3.14. The number of aryl methyl sites for hydroxylation is 2. The maximum absolute atomic E-state index is 13.2. The summed E-state index contributed by atoms with van der Waals surface area (Å²) in [7, 11) is 1.92. The Morgan fingerprint density at radius 1 is 1.21 bits per heavy atom. The molecule has 0 bridgehead atoms. The van der Waals surface area contributed by atoms with E-state index in [2.05, 4.69) is 20.2 Å². The van der Waals surface area contributed by atoms with Crippen molar-refractivity contribution in [2.24, 2.45) is 12.5 Å². The SMILES string of the molecule is Cc1cccc(N2CC(Cc3ccc(Cl)cc3)(C(=O)NCc3nccn3C)C2)n1. The minimum atomic E-state index is -0.510. The molecule has 1 aliphatic rings. The van der Waals surface area contributed by atoms with E-state index < -0.39 is 5.41 Å². The second-order valence-corrected chi connectivity index (χ2v) is 8.15. The zero-order chi connectivity index (χ0) is 20.4. The minimum absolute atomic E-state index is 0.0411. The van der Waals surface area contributed by atoms with Crippen LogP contribution in [0.25, 0.3) is 0 Å². The molecule has 0 radical (unpaired) electrons. The second kappa shape index (κ2) is 7.87. The zero-order valence-electron chi connectivity index (χ0n) is 16.6. The molecule has 2 aromatic heterocycles. The largest absolute Gasteiger partial charge is 0.354 e. The van der Waals surface area contributed by atoms with Crippen LogP contribution in [0.15, 0.2) is 54.9 Å². The Kier molecular flexibility index (Phi) is 5.28. The van der Waals surface area contributed by atoms with Crippen LogP contribution in [0.2, 0.25) is 5.02 Å². The lowest BCUT2D eigenvalue weighted by Crippen LogP contribution is -2.64. The first-order chi connectivity index (χ1) is 13.9. The normalized spacial score (nSPS) is 15.1. The number of pyridine rings is 1. The molecule has 150 valence electrons. The van der Waals surface area contributed by atoms with E-state index >= 15 is 0 Å². The first-order valence-corrected chi connectivity index (χ1v) is 10.0. The number of benzene rings is 1. The standard InChI is InChI=1S/C22H24ClN5O/c1-16-4-3-5-19(26-16)28-14-22(15-28,12-17-6-8-18(23)9-7-17)21(29)25-13-20-24-10-11-27(20)2/h3-11H,12-15H2,1-2H3,(H,25,29). The molecular weight excluding hydrogens is 386 g/mol. The van der Waals surface area contributed by atoms with Crippen molar-refractivity contribution in [1.29, 1.82) is 0 Å². The van der Waals surface area contributed by atoms with Crippen molar-refractivity contribution in [1.82, 2.24) is 19.9 Å². The fraction of sp³-hybridized carbons (Fsp3) is 0.318. The van der Waals surface area contributed by atoms with Gasteiger partial charge in [-0.3, -0.25) is 4.79 Å². The predicted molar refractivity (Wildman–Crippen MR) is 114 cm³/mol. The maximum atomic E-state index is 13.2. The van der Waals surface area contributed by atoms with Gasteiger partial charge in [0.15, 0.2) is 0 Å². The van der Waals surface area contributed by atoms with Crippen LogP contribution in [-0.2, 0) is 24.8 Å². The van der Waals surface area contributed by atoms with Gasteiger partial charge in [0, 0.05) is 43.2 Å². The Labute approximate surface area is 175 Å². The van der Waals surface area contributed by atoms with Crippen LogP contribution in [-0.4, -0.2) is 33.5 Å². The summed E-state index contributed by atoms with van der Waals surface area (Å²) in [6.07, 6.45) is 4.26. The van der Waals surface area contributed by atoms with Crippen LogP contribution in [0.4, 0.5) is 5.82 Å². The summed E-state index contributed by atoms with van der Waals surface area (Å²) in [6, 6.07) is 13.7. The molecule has 6 nitrogen and oxygen atoms in total. The highest BCUT2D eigenvalue weighted by atomic mass is 35.5. The molecule has 1 amide bonds. The van der Waals surface area contributed by atoms with Crippen molar-refractivity contribution >= 4 is 23.3 Å². The van der Waals surface area contributed by atoms with Crippen molar-refractivity contribution in [3.05, 3.63) is 77.0 Å². The highest BCUT2D eigenvalue weighted by molar-refractivity contribution is 6.30. The van der Waals surface area contributed by atoms with Gasteiger partial charge in [0.05, 0.1) is 12.0 Å². The van der Waals surface area contributed by atoms with Crippen LogP contribution in [0.1, 0.15) is 17.1 Å². The summed E-state index contributed by atoms with van der Waals surface area (Å²) in [5.41, 5.74) is 1.56. The van der Waals surface area contributed by atoms with Gasteiger partial charge in [0.25, 0.3) is 0 Å². The van der Waals surface area contributed by atoms with E-state index in [1.54, 1.807) is 6.20 Å². The number of carbonyl (C=O) groups excluding carboxylic acids is 1. The Balaban J connectivity index is 1.52. The van der Waals surface area contributed by atoms with Gasteiger partial charge in [-0.25, -0.2) is 9.97 Å². The van der Waals surface area contributed by atoms with Gasteiger partial charge in [0.2, 0.25) is 5.91 Å². The number of aromatic nitrogens is 3. The van der Waals surface area contributed by atoms with Crippen molar-refractivity contribution in [3.8, 4) is 0 Å². The Morgan fingerprint density at radius 3 is 2.62 bits per heavy atom. The van der Waals surface area contributed by atoms with Crippen LogP contribution in [0.5, 0.6) is 0 Å². The fourth-order valence-electron chi connectivity index (χ4n) is 3.79. The average Bonchev–Trinajstić information content (AvgIpc) is 3.09. The minimum Gasteiger partial charge on any atom is -0.354 e. The summed E-state index contributed by atoms with van der Waals surface area (Å²) in [5, 5.41) is 3.78. The number of amides is 1. The lowest BCUT2D eigenvalue weighted by Gasteiger charge is -2.49. The van der Waals surface area contributed by atoms with Gasteiger partial charge < -0.3 is 14.8 Å². The van der Waals surface area contributed by atoms with Crippen molar-refractivity contribution < 1.29 is 4.79 Å². The molecule has 0 atom stereocenters. The highest BCUT2D eigenvalue weighted by Crippen LogP contribution is 2.37. The zero-order valence-corrected chi connectivity index (χ0v) is 17.4. The molecule has 1 aliphatic heterocycles. The molecule has 0 aliphatic carbocycles. The number of nitrogens with one attached hydrogen (secondary N) is 1. The summed E-state index contributed by atoms with van der Waals surface area (Å²) in [6.45, 7) is 3.63. The Bertz CT molecular complexity index is 1010. The number of hydrogen-bond donors (Lipinski definition) is 1. The van der Waals surface area contributed by atoms with E-state index in [0.717, 1.165) is 22.9 Å². The maximum Gasteiger partial charge on any atom is 0.230 e. The topological polar surface area (TPSA) is 63.1 Å². The number of rotatable bonds is 6. The molecule has 4 rings (SSSR count). The molecule has 7 heteroatoms. The molecule has 1 N–H and O–H groups in total. The Morgan fingerprint density at radius 2 is 1.97 bits per heavy atom. The van der Waals surface area contributed by atoms with E-state index in [9.17, 15) is 4.79 Å². The molecule has 1 fully saturated rings. The number of carbonyl (C=O) groups is 1. The van der Waals surface area contributed by atoms with E-state index in [-0.39, 0.29) is 5.91 Å². The molecule has 0 saturated carbocycles. The molecule has 0 unspecified atom stereocenters. The summed E-state index contributed by atoms with van der Waals surface area (Å²) in [4.78, 5) is 24.3. The molecule has 1 saturated heterocycles. The third kappa shape index (κ3) is 4.12. The first kappa shape index (κ1) is 19.5. The van der Waals surface area contributed by atoms with Gasteiger partial charge in [-0.1, -0.05) is 29.8 Å². The van der Waals surface area contributed by atoms with Gasteiger partial charge in [-0.2, -0.15) is 0 Å². The summed E-state index contributed by atoms with van der Waals surface area (Å²) in [5.74, 6) is 1.78. The fourth-order valence-corrected chi connectivity index (χ4v) is 3.92. The van der Waals surface area contributed by atoms with Crippen LogP contribution in [0, 0.1) is 12.3 Å². The summed E-state index contributed by atoms with van der Waals surface area (Å²) >= 11 is 6.03. The average molecular weight is 410 g/mol. The molecule has 3 heterocycles. The number of hydrogen-bond acceptors (Lipinski definition) is 4. The molecule has 1 aromatic carbocycles. The quantitative estimate of drug-likeness (QED) is 0.679. The molecule has 29 heavy (non-hydrogen) atoms. The monoisotopic (exact) mass is 409 g/mol. The van der Waals surface area contributed by atoms with Gasteiger partial charge in [0.1, 0.15) is 11.6 Å². The van der Waals surface area contributed by atoms with Crippen molar-refractivity contribution in [3.63, 3.8) is 0 Å². The van der Waals surface area contributed by atoms with Crippen LogP contribution >= 0.6 is 11.6 Å². The first-order valence-electron chi connectivity index (χ1n) is 9.63. The van der Waals surface area contributed by atoms with E-state index in [4.69, 9.17) is 11.6 Å². The van der Waals surface area contributed by atoms with Gasteiger partial charge in [-0.15, -0.1) is 0 Å². The smallest absolute Gasteiger partial charge is 0.230 e. The third-order valence-electron chi connectivity index (χ3n) is 5.45. The number of halogens is 1. The lowest BCUT2D eigenvalue weighted by atomic mass is 9.73. The van der Waals surface area contributed by atoms with Crippen molar-refractivity contribution in [2.45, 2.75) is 19.9 Å². The van der Waals surface area contributed by atoms with E-state index in [0.29, 0.717) is 31.1 Å². The van der Waals surface area contributed by atoms with E-state index in [1.165, 1.54) is 0 Å². The molecule has 0 spiro atoms. The molecular formula is C22H24ClN5O. The van der Waals surface area contributed by atoms with Crippen LogP contribution < -0.4 is 10.2 Å². The summed E-state index contributed by atoms with van der Waals surface area (Å²) < 4.78 is 1.91. The third-order valence-corrected chi connectivity index (χ3v) is 5.70. The molecule has 3 aromatic rings. The highest BCUT2D eigenvalue weighted by Gasteiger charge is 2.49. The van der Waals surface area contributed by atoms with Crippen molar-refractivity contribution in [2.75, 3.05) is 18.0 Å².